The second kappa shape index (κ2) is 5.07. The van der Waals surface area contributed by atoms with Crippen LogP contribution in [0.4, 0.5) is 11.4 Å². The molecule has 0 radical (unpaired) electrons. The smallest absolute Gasteiger partial charge is 0.262 e. The minimum absolute atomic E-state index is 0.227. The number of benzene rings is 1. The van der Waals surface area contributed by atoms with Crippen LogP contribution < -0.4 is 10.5 Å². The Morgan fingerprint density at radius 1 is 1.19 bits per heavy atom. The first-order chi connectivity index (χ1) is 9.65. The lowest BCUT2D eigenvalue weighted by Gasteiger charge is -2.14. The molecule has 1 aromatic heterocycles. The zero-order chi connectivity index (χ0) is 15.9. The van der Waals surface area contributed by atoms with E-state index in [-0.39, 0.29) is 4.90 Å². The molecule has 0 fully saturated rings. The van der Waals surface area contributed by atoms with Crippen molar-refractivity contribution in [2.75, 3.05) is 10.5 Å². The van der Waals surface area contributed by atoms with Gasteiger partial charge in [-0.2, -0.15) is 5.10 Å². The molecule has 21 heavy (non-hydrogen) atoms. The molecule has 0 atom stereocenters. The number of anilines is 2. The van der Waals surface area contributed by atoms with Crippen molar-refractivity contribution in [3.05, 3.63) is 34.6 Å². The number of nitrogens with zero attached hydrogens (tertiary/aromatic N) is 2. The van der Waals surface area contributed by atoms with Gasteiger partial charge in [-0.05, 0) is 44.9 Å². The Morgan fingerprint density at radius 2 is 1.81 bits per heavy atom. The first-order valence-electron chi connectivity index (χ1n) is 6.54. The van der Waals surface area contributed by atoms with Gasteiger partial charge in [0, 0.05) is 12.7 Å². The van der Waals surface area contributed by atoms with E-state index in [0.29, 0.717) is 28.2 Å². The molecule has 3 N–H and O–H groups in total. The van der Waals surface area contributed by atoms with Crippen LogP contribution in [0.2, 0.25) is 0 Å². The van der Waals surface area contributed by atoms with Gasteiger partial charge in [0.1, 0.15) is 0 Å². The van der Waals surface area contributed by atoms with Crippen LogP contribution in [0.5, 0.6) is 0 Å². The van der Waals surface area contributed by atoms with Gasteiger partial charge in [-0.1, -0.05) is 6.07 Å². The van der Waals surface area contributed by atoms with Crippen LogP contribution >= 0.6 is 0 Å². The number of sulfonamides is 1. The summed E-state index contributed by atoms with van der Waals surface area (Å²) in [6, 6.07) is 3.42. The molecule has 0 aliphatic heterocycles. The summed E-state index contributed by atoms with van der Waals surface area (Å²) in [5.41, 5.74) is 9.42. The van der Waals surface area contributed by atoms with E-state index in [1.165, 1.54) is 0 Å². The van der Waals surface area contributed by atoms with Crippen molar-refractivity contribution >= 4 is 21.4 Å². The summed E-state index contributed by atoms with van der Waals surface area (Å²) in [7, 11) is -1.94. The van der Waals surface area contributed by atoms with E-state index in [4.69, 9.17) is 5.73 Å². The lowest BCUT2D eigenvalue weighted by atomic mass is 10.1. The fourth-order valence-electron chi connectivity index (χ4n) is 2.36. The largest absolute Gasteiger partial charge is 0.398 e. The van der Waals surface area contributed by atoms with Crippen molar-refractivity contribution in [1.29, 1.82) is 0 Å². The topological polar surface area (TPSA) is 90.0 Å². The number of nitrogens with two attached hydrogens (primary N) is 1. The van der Waals surface area contributed by atoms with Crippen molar-refractivity contribution in [2.45, 2.75) is 32.6 Å². The van der Waals surface area contributed by atoms with Crippen LogP contribution in [0.3, 0.4) is 0 Å². The normalized spacial score (nSPS) is 11.7. The maximum absolute atomic E-state index is 12.7. The highest BCUT2D eigenvalue weighted by molar-refractivity contribution is 7.92. The SMILES string of the molecule is Cc1ccc(N)c(C)c1S(=O)(=O)Nc1c(C)nn(C)c1C. The van der Waals surface area contributed by atoms with Gasteiger partial charge in [0.25, 0.3) is 10.0 Å². The average molecular weight is 308 g/mol. The Hall–Kier alpha value is -2.02. The maximum Gasteiger partial charge on any atom is 0.262 e. The number of aryl methyl sites for hydroxylation is 3. The lowest BCUT2D eigenvalue weighted by molar-refractivity contribution is 0.600. The Kier molecular flexibility index (Phi) is 3.71. The third kappa shape index (κ3) is 2.61. The van der Waals surface area contributed by atoms with Gasteiger partial charge in [-0.3, -0.25) is 9.40 Å². The summed E-state index contributed by atoms with van der Waals surface area (Å²) in [4.78, 5) is 0.227. The average Bonchev–Trinajstić information content (AvgIpc) is 2.60. The molecule has 0 saturated heterocycles. The second-order valence-corrected chi connectivity index (χ2v) is 6.82. The molecule has 0 saturated carbocycles. The number of hydrogen-bond acceptors (Lipinski definition) is 4. The fraction of sp³-hybridized carbons (Fsp3) is 0.357. The Bertz CT molecular complexity index is 807. The van der Waals surface area contributed by atoms with Crippen LogP contribution in [0, 0.1) is 27.7 Å². The monoisotopic (exact) mass is 308 g/mol. The van der Waals surface area contributed by atoms with Crippen molar-refractivity contribution in [3.8, 4) is 0 Å². The highest BCUT2D eigenvalue weighted by atomic mass is 32.2. The van der Waals surface area contributed by atoms with E-state index in [0.717, 1.165) is 5.69 Å². The van der Waals surface area contributed by atoms with Crippen molar-refractivity contribution in [1.82, 2.24) is 9.78 Å². The minimum atomic E-state index is -3.71. The third-order valence-corrected chi connectivity index (χ3v) is 5.30. The number of hydrogen-bond donors (Lipinski definition) is 2. The van der Waals surface area contributed by atoms with Gasteiger partial charge < -0.3 is 5.73 Å². The third-order valence-electron chi connectivity index (χ3n) is 3.66. The number of nitrogen functional groups attached to an aromatic ring is 1. The molecule has 1 aromatic carbocycles. The molecular weight excluding hydrogens is 288 g/mol. The first-order valence-corrected chi connectivity index (χ1v) is 8.02. The summed E-state index contributed by atoms with van der Waals surface area (Å²) in [5, 5.41) is 4.22. The predicted octanol–water partition coefficient (Wildman–Crippen LogP) is 2.04. The summed E-state index contributed by atoms with van der Waals surface area (Å²) in [5.74, 6) is 0. The van der Waals surface area contributed by atoms with Crippen LogP contribution in [0.15, 0.2) is 17.0 Å². The van der Waals surface area contributed by atoms with Crippen LogP contribution in [0.25, 0.3) is 0 Å². The molecule has 6 nitrogen and oxygen atoms in total. The zero-order valence-corrected chi connectivity index (χ0v) is 13.7. The lowest BCUT2D eigenvalue weighted by Crippen LogP contribution is -2.17. The number of rotatable bonds is 3. The summed E-state index contributed by atoms with van der Waals surface area (Å²) in [6.45, 7) is 7.05. The van der Waals surface area contributed by atoms with Gasteiger partial charge in [0.2, 0.25) is 0 Å². The molecule has 0 unspecified atom stereocenters. The van der Waals surface area contributed by atoms with E-state index in [2.05, 4.69) is 9.82 Å². The van der Waals surface area contributed by atoms with Gasteiger partial charge in [0.15, 0.2) is 0 Å². The Morgan fingerprint density at radius 3 is 2.33 bits per heavy atom. The van der Waals surface area contributed by atoms with Gasteiger partial charge >= 0.3 is 0 Å². The molecule has 2 rings (SSSR count). The van der Waals surface area contributed by atoms with Crippen LogP contribution in [-0.4, -0.2) is 18.2 Å². The summed E-state index contributed by atoms with van der Waals surface area (Å²) >= 11 is 0. The quantitative estimate of drug-likeness (QED) is 0.849. The van der Waals surface area contributed by atoms with Gasteiger partial charge in [-0.15, -0.1) is 0 Å². The van der Waals surface area contributed by atoms with Crippen molar-refractivity contribution in [3.63, 3.8) is 0 Å². The Labute approximate surface area is 125 Å². The molecule has 0 bridgehead atoms. The molecule has 0 aliphatic carbocycles. The fourth-order valence-corrected chi connectivity index (χ4v) is 4.04. The summed E-state index contributed by atoms with van der Waals surface area (Å²) < 4.78 is 29.7. The highest BCUT2D eigenvalue weighted by Crippen LogP contribution is 2.28. The van der Waals surface area contributed by atoms with Crippen molar-refractivity contribution < 1.29 is 8.42 Å². The first kappa shape index (κ1) is 15.4. The number of aromatic nitrogens is 2. The zero-order valence-electron chi connectivity index (χ0n) is 12.9. The van der Waals surface area contributed by atoms with E-state index >= 15 is 0 Å². The molecule has 0 amide bonds. The van der Waals surface area contributed by atoms with Crippen LogP contribution in [0.1, 0.15) is 22.5 Å². The molecule has 0 aliphatic rings. The maximum atomic E-state index is 12.7. The predicted molar refractivity (Wildman–Crippen MR) is 83.8 cm³/mol. The van der Waals surface area contributed by atoms with E-state index in [1.807, 2.05) is 6.92 Å². The number of nitrogens with one attached hydrogen (secondary N) is 1. The highest BCUT2D eigenvalue weighted by Gasteiger charge is 2.23. The Balaban J connectivity index is 2.57. The second-order valence-electron chi connectivity index (χ2n) is 5.20. The molecule has 1 heterocycles. The summed E-state index contributed by atoms with van der Waals surface area (Å²) in [6.07, 6.45) is 0. The molecule has 114 valence electrons. The van der Waals surface area contributed by atoms with Gasteiger partial charge in [-0.25, -0.2) is 8.42 Å². The minimum Gasteiger partial charge on any atom is -0.398 e. The van der Waals surface area contributed by atoms with E-state index < -0.39 is 10.0 Å². The standard InChI is InChI=1S/C14H20N4O2S/c1-8-6-7-12(15)9(2)14(8)21(19,20)17-13-10(3)16-18(5)11(13)4/h6-7,17H,15H2,1-5H3. The van der Waals surface area contributed by atoms with Gasteiger partial charge in [0.05, 0.1) is 22.0 Å². The van der Waals surface area contributed by atoms with E-state index in [1.54, 1.807) is 44.6 Å². The molecular formula is C14H20N4O2S. The molecule has 7 heteroatoms. The van der Waals surface area contributed by atoms with Crippen LogP contribution in [-0.2, 0) is 17.1 Å². The molecule has 2 aromatic rings. The van der Waals surface area contributed by atoms with Crippen molar-refractivity contribution in [2.24, 2.45) is 7.05 Å². The molecule has 0 spiro atoms. The van der Waals surface area contributed by atoms with E-state index in [9.17, 15) is 8.42 Å².